The van der Waals surface area contributed by atoms with E-state index in [1.165, 1.54) is 0 Å². The minimum absolute atomic E-state index is 0.00435. The Morgan fingerprint density at radius 2 is 1.38 bits per heavy atom. The maximum absolute atomic E-state index is 14.1. The van der Waals surface area contributed by atoms with Gasteiger partial charge in [0.2, 0.25) is 0 Å². The highest BCUT2D eigenvalue weighted by atomic mass is 35.5. The van der Waals surface area contributed by atoms with Crippen molar-refractivity contribution in [2.45, 2.75) is 39.5 Å². The van der Waals surface area contributed by atoms with Gasteiger partial charge < -0.3 is 23.2 Å². The molecule has 0 bridgehead atoms. The molecule has 0 spiro atoms. The maximum atomic E-state index is 14.1. The lowest BCUT2D eigenvalue weighted by Crippen LogP contribution is -2.20. The van der Waals surface area contributed by atoms with Gasteiger partial charge in [0.25, 0.3) is 0 Å². The van der Waals surface area contributed by atoms with Crippen molar-refractivity contribution in [2.24, 2.45) is 0 Å². The van der Waals surface area contributed by atoms with Crippen LogP contribution in [-0.4, -0.2) is 46.7 Å². The monoisotopic (exact) mass is 570 g/mol. The van der Waals surface area contributed by atoms with Gasteiger partial charge in [0, 0.05) is 17.5 Å². The number of benzene rings is 2. The van der Waals surface area contributed by atoms with Gasteiger partial charge in [0.05, 0.1) is 49.0 Å². The Bertz CT molecular complexity index is 1230. The number of hydrogen-bond donors (Lipinski definition) is 1. The molecule has 0 aliphatic rings. The summed E-state index contributed by atoms with van der Waals surface area (Å²) in [6.07, 6.45) is 1.46. The lowest BCUT2D eigenvalue weighted by atomic mass is 10.0. The Morgan fingerprint density at radius 3 is 1.89 bits per heavy atom. The van der Waals surface area contributed by atoms with Crippen LogP contribution in [-0.2, 0) is 33.6 Å². The summed E-state index contributed by atoms with van der Waals surface area (Å²) in [5, 5.41) is 14.5. The van der Waals surface area contributed by atoms with Gasteiger partial charge in [-0.1, -0.05) is 35.9 Å². The first kappa shape index (κ1) is 29.6. The number of aromatic nitrogens is 2. The van der Waals surface area contributed by atoms with E-state index in [0.29, 0.717) is 27.5 Å². The van der Waals surface area contributed by atoms with Crippen LogP contribution in [0, 0.1) is 0 Å². The summed E-state index contributed by atoms with van der Waals surface area (Å²) in [4.78, 5) is 0. The fourth-order valence-electron chi connectivity index (χ4n) is 4.03. The molecule has 1 N–H and O–H groups in total. The first-order valence-corrected chi connectivity index (χ1v) is 15.7. The van der Waals surface area contributed by atoms with Gasteiger partial charge >= 0.3 is 15.2 Å². The Morgan fingerprint density at radius 1 is 0.865 bits per heavy atom. The van der Waals surface area contributed by atoms with Gasteiger partial charge in [0.1, 0.15) is 5.75 Å². The molecule has 1 heterocycles. The van der Waals surface area contributed by atoms with Crippen LogP contribution in [0.15, 0.2) is 54.7 Å². The van der Waals surface area contributed by atoms with E-state index in [-0.39, 0.29) is 38.6 Å². The van der Waals surface area contributed by atoms with Gasteiger partial charge in [-0.15, -0.1) is 0 Å². The van der Waals surface area contributed by atoms with Crippen molar-refractivity contribution in [3.63, 3.8) is 0 Å². The van der Waals surface area contributed by atoms with Crippen LogP contribution in [0.1, 0.15) is 33.3 Å². The van der Waals surface area contributed by atoms with Crippen LogP contribution in [0.3, 0.4) is 0 Å². The molecule has 0 saturated heterocycles. The highest BCUT2D eigenvalue weighted by Crippen LogP contribution is 2.71. The predicted molar refractivity (Wildman–Crippen MR) is 145 cm³/mol. The van der Waals surface area contributed by atoms with E-state index in [1.54, 1.807) is 81.0 Å². The fourth-order valence-corrected chi connectivity index (χ4v) is 9.55. The van der Waals surface area contributed by atoms with Crippen LogP contribution in [0.4, 0.5) is 0 Å². The Hall–Kier alpha value is -1.96. The highest BCUT2D eigenvalue weighted by molar-refractivity contribution is 7.72. The van der Waals surface area contributed by atoms with Gasteiger partial charge in [-0.3, -0.25) is 9.13 Å². The Balaban J connectivity index is 2.27. The van der Waals surface area contributed by atoms with E-state index in [0.717, 1.165) is 0 Å². The van der Waals surface area contributed by atoms with Crippen molar-refractivity contribution < 1.29 is 32.3 Å². The number of hydrogen-bond acceptors (Lipinski definition) is 8. The minimum atomic E-state index is -4.01. The summed E-state index contributed by atoms with van der Waals surface area (Å²) in [6, 6.07) is 13.9. The zero-order chi connectivity index (χ0) is 27.1. The van der Waals surface area contributed by atoms with Crippen molar-refractivity contribution in [2.75, 3.05) is 26.4 Å². The summed E-state index contributed by atoms with van der Waals surface area (Å²) in [6.45, 7) is 6.98. The molecule has 0 aliphatic heterocycles. The second-order valence-corrected chi connectivity index (χ2v) is 13.1. The molecule has 37 heavy (non-hydrogen) atoms. The van der Waals surface area contributed by atoms with Crippen molar-refractivity contribution in [3.8, 4) is 22.7 Å². The molecule has 9 nitrogen and oxygen atoms in total. The average Bonchev–Trinajstić information content (AvgIpc) is 3.27. The Kier molecular flexibility index (Phi) is 10.6. The van der Waals surface area contributed by atoms with Crippen LogP contribution in [0.2, 0.25) is 5.02 Å². The lowest BCUT2D eigenvalue weighted by Gasteiger charge is -2.31. The summed E-state index contributed by atoms with van der Waals surface area (Å²) in [7, 11) is -8.02. The summed E-state index contributed by atoms with van der Waals surface area (Å²) in [5.41, 5.74) is 2.03. The van der Waals surface area contributed by atoms with E-state index in [4.69, 9.17) is 29.7 Å². The normalized spacial score (nSPS) is 12.4. The van der Waals surface area contributed by atoms with Crippen LogP contribution < -0.4 is 0 Å². The third kappa shape index (κ3) is 6.55. The van der Waals surface area contributed by atoms with Crippen LogP contribution in [0.5, 0.6) is 5.75 Å². The molecule has 3 rings (SSSR count). The van der Waals surface area contributed by atoms with Crippen LogP contribution in [0.25, 0.3) is 16.9 Å². The molecule has 0 amide bonds. The predicted octanol–water partition coefficient (Wildman–Crippen LogP) is 7.30. The quantitative estimate of drug-likeness (QED) is 0.201. The van der Waals surface area contributed by atoms with E-state index in [2.05, 4.69) is 5.10 Å². The minimum Gasteiger partial charge on any atom is -0.507 e. The lowest BCUT2D eigenvalue weighted by molar-refractivity contribution is 0.195. The van der Waals surface area contributed by atoms with Crippen molar-refractivity contribution >= 4 is 26.8 Å². The summed E-state index contributed by atoms with van der Waals surface area (Å²) in [5.74, 6) is 0.00435. The van der Waals surface area contributed by atoms with Crippen molar-refractivity contribution in [1.29, 1.82) is 0 Å². The van der Waals surface area contributed by atoms with Crippen LogP contribution >= 0.6 is 26.8 Å². The number of nitrogens with zero attached hydrogens (tertiary/aromatic N) is 2. The standard InChI is InChI=1S/C25H33ClN2O7P2/c1-5-32-36(30,33-6-2)24(37(31,34-7-3)35-8-4)17-19-18-27-28(22-15-11-10-14-21(22)26)25(19)20-13-9-12-16-23(20)29/h9-16,18,24,29H,5-8,17H2,1-4H3. The van der Waals surface area contributed by atoms with E-state index < -0.39 is 20.6 Å². The number of phenolic OH excluding ortho intramolecular Hbond substituents is 1. The fraction of sp³-hybridized carbons (Fsp3) is 0.400. The number of aromatic hydroxyl groups is 1. The van der Waals surface area contributed by atoms with Gasteiger partial charge in [-0.25, -0.2) is 4.68 Å². The van der Waals surface area contributed by atoms with Gasteiger partial charge in [-0.05, 0) is 52.0 Å². The van der Waals surface area contributed by atoms with Gasteiger partial charge in [0.15, 0.2) is 5.40 Å². The molecule has 1 aromatic heterocycles. The van der Waals surface area contributed by atoms with E-state index in [1.807, 2.05) is 6.07 Å². The number of rotatable bonds is 14. The molecule has 0 radical (unpaired) electrons. The topological polar surface area (TPSA) is 109 Å². The van der Waals surface area contributed by atoms with E-state index in [9.17, 15) is 14.2 Å². The summed E-state index contributed by atoms with van der Waals surface area (Å²) >= 11 is 6.49. The second kappa shape index (κ2) is 13.2. The van der Waals surface area contributed by atoms with Gasteiger partial charge in [-0.2, -0.15) is 5.10 Å². The second-order valence-electron chi connectivity index (χ2n) is 7.83. The third-order valence-corrected chi connectivity index (χ3v) is 11.8. The number of para-hydroxylation sites is 2. The molecular weight excluding hydrogens is 538 g/mol. The largest absolute Gasteiger partial charge is 0.507 e. The summed E-state index contributed by atoms with van der Waals surface area (Å²) < 4.78 is 52.3. The Labute approximate surface area is 222 Å². The number of halogens is 1. The molecule has 2 aromatic carbocycles. The molecule has 0 fully saturated rings. The third-order valence-electron chi connectivity index (χ3n) is 5.45. The average molecular weight is 571 g/mol. The first-order valence-electron chi connectivity index (χ1n) is 12.1. The highest BCUT2D eigenvalue weighted by Gasteiger charge is 2.51. The molecule has 0 unspecified atom stereocenters. The maximum Gasteiger partial charge on any atom is 0.346 e. The van der Waals surface area contributed by atoms with Crippen molar-refractivity contribution in [1.82, 2.24) is 9.78 Å². The number of phenols is 1. The van der Waals surface area contributed by atoms with Crippen molar-refractivity contribution in [3.05, 3.63) is 65.3 Å². The zero-order valence-electron chi connectivity index (χ0n) is 21.4. The molecular formula is C25H33ClN2O7P2. The molecule has 0 atom stereocenters. The first-order chi connectivity index (χ1) is 17.7. The SMILES string of the molecule is CCOP(=O)(OCC)C(Cc1cnn(-c2ccccc2Cl)c1-c1ccccc1O)P(=O)(OCC)OCC. The van der Waals surface area contributed by atoms with E-state index >= 15 is 0 Å². The molecule has 12 heteroatoms. The molecule has 3 aromatic rings. The smallest absolute Gasteiger partial charge is 0.346 e. The molecule has 0 aliphatic carbocycles. The zero-order valence-corrected chi connectivity index (χ0v) is 23.9. The molecule has 0 saturated carbocycles. The molecule has 202 valence electrons.